The molecular weight excluding hydrogens is 380 g/mol. The van der Waals surface area contributed by atoms with Gasteiger partial charge in [0, 0.05) is 37.9 Å². The number of nitrogens with one attached hydrogen (secondary N) is 2. The van der Waals surface area contributed by atoms with Gasteiger partial charge >= 0.3 is 0 Å². The van der Waals surface area contributed by atoms with Crippen molar-refractivity contribution in [3.05, 3.63) is 77.6 Å². The number of hydrogen-bond acceptors (Lipinski definition) is 4. The van der Waals surface area contributed by atoms with Gasteiger partial charge < -0.3 is 15.2 Å². The number of aryl methyl sites for hydroxylation is 1. The van der Waals surface area contributed by atoms with Crippen LogP contribution < -0.4 is 10.2 Å². The van der Waals surface area contributed by atoms with E-state index in [1.165, 1.54) is 23.0 Å². The molecule has 0 aliphatic carbocycles. The lowest BCUT2D eigenvalue weighted by molar-refractivity contribution is -0.118. The molecular formula is C23H28N4OS. The predicted octanol–water partition coefficient (Wildman–Crippen LogP) is 4.04. The van der Waals surface area contributed by atoms with Gasteiger partial charge in [-0.3, -0.25) is 4.79 Å². The maximum atomic E-state index is 12.1. The van der Waals surface area contributed by atoms with Crippen LogP contribution in [0.15, 0.2) is 65.8 Å². The molecule has 3 rings (SSSR count). The first-order valence-electron chi connectivity index (χ1n) is 9.87. The van der Waals surface area contributed by atoms with Crippen LogP contribution in [0.1, 0.15) is 23.4 Å². The summed E-state index contributed by atoms with van der Waals surface area (Å²) in [6.07, 6.45) is 1.70. The fourth-order valence-electron chi connectivity index (χ4n) is 3.04. The Morgan fingerprint density at radius 3 is 2.52 bits per heavy atom. The van der Waals surface area contributed by atoms with E-state index in [1.807, 2.05) is 43.3 Å². The van der Waals surface area contributed by atoms with Crippen LogP contribution >= 0.6 is 11.8 Å². The third-order valence-electron chi connectivity index (χ3n) is 4.71. The van der Waals surface area contributed by atoms with Gasteiger partial charge in [-0.25, -0.2) is 4.98 Å². The topological polar surface area (TPSA) is 61.0 Å². The zero-order chi connectivity index (χ0) is 20.5. The molecule has 1 heterocycles. The molecule has 0 fully saturated rings. The third kappa shape index (κ3) is 6.68. The molecule has 6 heteroatoms. The smallest absolute Gasteiger partial charge is 0.230 e. The molecule has 2 aromatic carbocycles. The highest BCUT2D eigenvalue weighted by Gasteiger charge is 2.10. The number of H-pyrrole nitrogens is 1. The lowest BCUT2D eigenvalue weighted by Crippen LogP contribution is -2.29. The fourth-order valence-corrected chi connectivity index (χ4v) is 3.81. The van der Waals surface area contributed by atoms with Crippen LogP contribution in [0.4, 0.5) is 5.69 Å². The summed E-state index contributed by atoms with van der Waals surface area (Å²) in [5, 5.41) is 3.79. The van der Waals surface area contributed by atoms with Crippen molar-refractivity contribution in [2.45, 2.75) is 24.9 Å². The second-order valence-corrected chi connectivity index (χ2v) is 7.99. The number of carbonyl (C=O) groups is 1. The van der Waals surface area contributed by atoms with E-state index in [2.05, 4.69) is 51.5 Å². The van der Waals surface area contributed by atoms with Crippen molar-refractivity contribution in [1.82, 2.24) is 15.3 Å². The lowest BCUT2D eigenvalue weighted by Gasteiger charge is -2.19. The fraction of sp³-hybridized carbons (Fsp3) is 0.304. The Kier molecular flexibility index (Phi) is 7.76. The quantitative estimate of drug-likeness (QED) is 0.393. The van der Waals surface area contributed by atoms with Crippen LogP contribution in [-0.4, -0.2) is 41.8 Å². The van der Waals surface area contributed by atoms with Gasteiger partial charge in [-0.15, -0.1) is 0 Å². The SMILES string of the molecule is Cc1[nH]c(SCC(=O)NCCCN(C)c2ccccc2)nc1Cc1ccccc1. The number of anilines is 1. The Morgan fingerprint density at radius 1 is 1.10 bits per heavy atom. The summed E-state index contributed by atoms with van der Waals surface area (Å²) in [4.78, 5) is 22.3. The molecule has 5 nitrogen and oxygen atoms in total. The largest absolute Gasteiger partial charge is 0.375 e. The number of aromatic nitrogens is 2. The summed E-state index contributed by atoms with van der Waals surface area (Å²) >= 11 is 1.45. The monoisotopic (exact) mass is 408 g/mol. The Bertz CT molecular complexity index is 896. The molecule has 29 heavy (non-hydrogen) atoms. The summed E-state index contributed by atoms with van der Waals surface area (Å²) in [7, 11) is 2.07. The first kappa shape index (κ1) is 21.0. The van der Waals surface area contributed by atoms with E-state index in [0.29, 0.717) is 12.3 Å². The zero-order valence-electron chi connectivity index (χ0n) is 17.0. The van der Waals surface area contributed by atoms with E-state index >= 15 is 0 Å². The van der Waals surface area contributed by atoms with E-state index in [9.17, 15) is 4.79 Å². The summed E-state index contributed by atoms with van der Waals surface area (Å²) < 4.78 is 0. The summed E-state index contributed by atoms with van der Waals surface area (Å²) in [6, 6.07) is 20.6. The number of benzene rings is 2. The molecule has 0 aliphatic rings. The maximum absolute atomic E-state index is 12.1. The van der Waals surface area contributed by atoms with Gasteiger partial charge in [0.2, 0.25) is 5.91 Å². The molecule has 0 bridgehead atoms. The molecule has 0 spiro atoms. The maximum Gasteiger partial charge on any atom is 0.230 e. The van der Waals surface area contributed by atoms with Gasteiger partial charge in [0.25, 0.3) is 0 Å². The Balaban J connectivity index is 1.37. The van der Waals surface area contributed by atoms with E-state index in [1.54, 1.807) is 0 Å². The number of hydrogen-bond donors (Lipinski definition) is 2. The van der Waals surface area contributed by atoms with Crippen LogP contribution in [0.3, 0.4) is 0 Å². The van der Waals surface area contributed by atoms with Crippen LogP contribution in [0, 0.1) is 6.92 Å². The van der Waals surface area contributed by atoms with E-state index in [0.717, 1.165) is 35.9 Å². The van der Waals surface area contributed by atoms with Crippen molar-refractivity contribution >= 4 is 23.4 Å². The number of thioether (sulfide) groups is 1. The average molecular weight is 409 g/mol. The molecule has 3 aromatic rings. The molecule has 2 N–H and O–H groups in total. The minimum Gasteiger partial charge on any atom is -0.375 e. The average Bonchev–Trinajstić information content (AvgIpc) is 3.10. The minimum absolute atomic E-state index is 0.0380. The van der Waals surface area contributed by atoms with Gasteiger partial charge in [-0.2, -0.15) is 0 Å². The van der Waals surface area contributed by atoms with Crippen LogP contribution in [0.25, 0.3) is 0 Å². The molecule has 0 saturated heterocycles. The van der Waals surface area contributed by atoms with Gasteiger partial charge in [0.05, 0.1) is 11.4 Å². The second-order valence-electron chi connectivity index (χ2n) is 7.03. The molecule has 0 unspecified atom stereocenters. The van der Waals surface area contributed by atoms with Crippen molar-refractivity contribution in [3.8, 4) is 0 Å². The Morgan fingerprint density at radius 2 is 1.79 bits per heavy atom. The number of para-hydroxylation sites is 1. The summed E-state index contributed by atoms with van der Waals surface area (Å²) in [5.74, 6) is 0.405. The number of amides is 1. The van der Waals surface area contributed by atoms with E-state index in [-0.39, 0.29) is 5.91 Å². The molecule has 1 amide bonds. The molecule has 0 atom stereocenters. The highest BCUT2D eigenvalue weighted by Crippen LogP contribution is 2.18. The third-order valence-corrected chi connectivity index (χ3v) is 5.58. The Labute approximate surface area is 176 Å². The lowest BCUT2D eigenvalue weighted by atomic mass is 10.1. The number of rotatable bonds is 10. The zero-order valence-corrected chi connectivity index (χ0v) is 17.8. The standard InChI is InChI=1S/C23H28N4OS/c1-18-21(16-19-10-5-3-6-11-19)26-23(25-18)29-17-22(28)24-14-9-15-27(2)20-12-7-4-8-13-20/h3-8,10-13H,9,14-17H2,1-2H3,(H,24,28)(H,25,26). The van der Waals surface area contributed by atoms with Crippen LogP contribution in [0.5, 0.6) is 0 Å². The van der Waals surface area contributed by atoms with Gasteiger partial charge in [-0.05, 0) is 31.0 Å². The van der Waals surface area contributed by atoms with Gasteiger partial charge in [-0.1, -0.05) is 60.3 Å². The summed E-state index contributed by atoms with van der Waals surface area (Å²) in [6.45, 7) is 3.60. The van der Waals surface area contributed by atoms with E-state index in [4.69, 9.17) is 0 Å². The Hall–Kier alpha value is -2.73. The first-order chi connectivity index (χ1) is 14.1. The number of imidazole rings is 1. The molecule has 0 aliphatic heterocycles. The second kappa shape index (κ2) is 10.7. The molecule has 152 valence electrons. The highest BCUT2D eigenvalue weighted by atomic mass is 32.2. The molecule has 0 radical (unpaired) electrons. The number of aromatic amines is 1. The van der Waals surface area contributed by atoms with Crippen molar-refractivity contribution in [2.75, 3.05) is 30.8 Å². The molecule has 1 aromatic heterocycles. The van der Waals surface area contributed by atoms with Crippen molar-refractivity contribution < 1.29 is 4.79 Å². The predicted molar refractivity (Wildman–Crippen MR) is 121 cm³/mol. The summed E-state index contributed by atoms with van der Waals surface area (Å²) in [5.41, 5.74) is 4.51. The first-order valence-corrected chi connectivity index (χ1v) is 10.9. The minimum atomic E-state index is 0.0380. The van der Waals surface area contributed by atoms with E-state index < -0.39 is 0 Å². The highest BCUT2D eigenvalue weighted by molar-refractivity contribution is 7.99. The van der Waals surface area contributed by atoms with Crippen LogP contribution in [0.2, 0.25) is 0 Å². The van der Waals surface area contributed by atoms with Crippen LogP contribution in [-0.2, 0) is 11.2 Å². The molecule has 0 saturated carbocycles. The normalized spacial score (nSPS) is 10.7. The van der Waals surface area contributed by atoms with Gasteiger partial charge in [0.1, 0.15) is 0 Å². The van der Waals surface area contributed by atoms with Crippen molar-refractivity contribution in [2.24, 2.45) is 0 Å². The van der Waals surface area contributed by atoms with Crippen molar-refractivity contribution in [3.63, 3.8) is 0 Å². The number of nitrogens with zero attached hydrogens (tertiary/aromatic N) is 2. The van der Waals surface area contributed by atoms with Gasteiger partial charge in [0.15, 0.2) is 5.16 Å². The van der Waals surface area contributed by atoms with Crippen molar-refractivity contribution in [1.29, 1.82) is 0 Å². The number of carbonyl (C=O) groups excluding carboxylic acids is 1.